The number of alkyl halides is 2. The van der Waals surface area contributed by atoms with Crippen molar-refractivity contribution in [2.24, 2.45) is 10.9 Å². The molecule has 8 heteroatoms. The van der Waals surface area contributed by atoms with Crippen LogP contribution < -0.4 is 20.1 Å². The van der Waals surface area contributed by atoms with Gasteiger partial charge in [-0.05, 0) is 57.7 Å². The van der Waals surface area contributed by atoms with Gasteiger partial charge < -0.3 is 25.0 Å². The van der Waals surface area contributed by atoms with Gasteiger partial charge in [0.2, 0.25) is 0 Å². The van der Waals surface area contributed by atoms with Crippen LogP contribution in [0.2, 0.25) is 0 Å². The molecule has 0 aliphatic carbocycles. The molecular formula is C22H36F2N4O2. The summed E-state index contributed by atoms with van der Waals surface area (Å²) in [5.41, 5.74) is 0.586. The lowest BCUT2D eigenvalue weighted by atomic mass is 10.0. The smallest absolute Gasteiger partial charge is 0.387 e. The summed E-state index contributed by atoms with van der Waals surface area (Å²) in [6, 6.07) is 5.12. The van der Waals surface area contributed by atoms with Crippen molar-refractivity contribution < 1.29 is 18.3 Å². The number of para-hydroxylation sites is 1. The van der Waals surface area contributed by atoms with Gasteiger partial charge in [0.25, 0.3) is 0 Å². The Morgan fingerprint density at radius 2 is 2.13 bits per heavy atom. The van der Waals surface area contributed by atoms with Crippen LogP contribution in [0.3, 0.4) is 0 Å². The van der Waals surface area contributed by atoms with Crippen molar-refractivity contribution in [3.63, 3.8) is 0 Å². The first-order chi connectivity index (χ1) is 14.5. The van der Waals surface area contributed by atoms with E-state index in [4.69, 9.17) is 9.47 Å². The van der Waals surface area contributed by atoms with Crippen LogP contribution in [0, 0.1) is 5.92 Å². The molecule has 1 aliphatic heterocycles. The summed E-state index contributed by atoms with van der Waals surface area (Å²) >= 11 is 0. The lowest BCUT2D eigenvalue weighted by molar-refractivity contribution is -0.0520. The van der Waals surface area contributed by atoms with Crippen LogP contribution in [0.1, 0.15) is 45.1 Å². The van der Waals surface area contributed by atoms with Crippen molar-refractivity contribution in [3.05, 3.63) is 23.8 Å². The molecule has 1 fully saturated rings. The Morgan fingerprint density at radius 3 is 2.83 bits per heavy atom. The first kappa shape index (κ1) is 24.2. The molecule has 2 rings (SSSR count). The number of nitrogens with zero attached hydrogens (tertiary/aromatic N) is 2. The summed E-state index contributed by atoms with van der Waals surface area (Å²) in [4.78, 5) is 6.77. The van der Waals surface area contributed by atoms with E-state index in [1.807, 2.05) is 0 Å². The summed E-state index contributed by atoms with van der Waals surface area (Å²) in [6.45, 7) is 6.25. The van der Waals surface area contributed by atoms with Gasteiger partial charge in [-0.15, -0.1) is 0 Å². The summed E-state index contributed by atoms with van der Waals surface area (Å²) in [6.07, 6.45) is 4.83. The molecule has 1 aliphatic rings. The van der Waals surface area contributed by atoms with Crippen LogP contribution in [0.5, 0.6) is 11.5 Å². The van der Waals surface area contributed by atoms with Crippen LogP contribution >= 0.6 is 0 Å². The van der Waals surface area contributed by atoms with E-state index in [2.05, 4.69) is 27.4 Å². The molecule has 0 aromatic heterocycles. The summed E-state index contributed by atoms with van der Waals surface area (Å²) in [5.74, 6) is 1.81. The van der Waals surface area contributed by atoms with Crippen molar-refractivity contribution in [3.8, 4) is 11.5 Å². The Bertz CT molecular complexity index is 658. The molecule has 1 aromatic rings. The van der Waals surface area contributed by atoms with Gasteiger partial charge in [0.15, 0.2) is 17.5 Å². The third-order valence-corrected chi connectivity index (χ3v) is 5.17. The van der Waals surface area contributed by atoms with Crippen LogP contribution in [0.4, 0.5) is 8.78 Å². The molecule has 0 spiro atoms. The monoisotopic (exact) mass is 426 g/mol. The number of benzene rings is 1. The molecule has 2 N–H and O–H groups in total. The van der Waals surface area contributed by atoms with Crippen molar-refractivity contribution in [1.82, 2.24) is 15.5 Å². The Morgan fingerprint density at radius 1 is 1.30 bits per heavy atom. The van der Waals surface area contributed by atoms with Crippen molar-refractivity contribution in [2.75, 3.05) is 39.8 Å². The van der Waals surface area contributed by atoms with E-state index in [0.29, 0.717) is 30.4 Å². The van der Waals surface area contributed by atoms with Gasteiger partial charge in [0.05, 0.1) is 6.61 Å². The summed E-state index contributed by atoms with van der Waals surface area (Å²) < 4.78 is 35.8. The highest BCUT2D eigenvalue weighted by molar-refractivity contribution is 5.79. The molecule has 0 radical (unpaired) electrons. The molecule has 6 nitrogen and oxygen atoms in total. The van der Waals surface area contributed by atoms with E-state index in [1.165, 1.54) is 25.9 Å². The molecule has 1 unspecified atom stereocenters. The van der Waals surface area contributed by atoms with Crippen molar-refractivity contribution in [1.29, 1.82) is 0 Å². The first-order valence-electron chi connectivity index (χ1n) is 10.9. The van der Waals surface area contributed by atoms with Gasteiger partial charge in [-0.1, -0.05) is 19.1 Å². The molecule has 0 amide bonds. The number of hydrogen-bond donors (Lipinski definition) is 2. The van der Waals surface area contributed by atoms with Crippen LogP contribution in [0.25, 0.3) is 0 Å². The zero-order chi connectivity index (χ0) is 21.8. The molecule has 1 saturated heterocycles. The Balaban J connectivity index is 1.77. The maximum absolute atomic E-state index is 12.8. The largest absolute Gasteiger partial charge is 0.490 e. The van der Waals surface area contributed by atoms with E-state index in [1.54, 1.807) is 32.2 Å². The molecule has 0 saturated carbocycles. The zero-order valence-electron chi connectivity index (χ0n) is 18.4. The number of unbranched alkanes of at least 4 members (excludes halogenated alkanes) is 1. The minimum Gasteiger partial charge on any atom is -0.490 e. The molecule has 1 atom stereocenters. The minimum absolute atomic E-state index is 0.0630. The lowest BCUT2D eigenvalue weighted by Crippen LogP contribution is -2.38. The number of likely N-dealkylation sites (tertiary alicyclic amines) is 1. The van der Waals surface area contributed by atoms with Gasteiger partial charge >= 0.3 is 6.61 Å². The van der Waals surface area contributed by atoms with E-state index in [0.717, 1.165) is 31.8 Å². The normalized spacial score (nSPS) is 17.8. The zero-order valence-corrected chi connectivity index (χ0v) is 18.4. The number of nitrogens with one attached hydrogen (secondary N) is 2. The second kappa shape index (κ2) is 13.3. The van der Waals surface area contributed by atoms with Gasteiger partial charge in [0.1, 0.15) is 0 Å². The highest BCUT2D eigenvalue weighted by Crippen LogP contribution is 2.32. The van der Waals surface area contributed by atoms with Gasteiger partial charge in [-0.3, -0.25) is 4.99 Å². The number of guanidine groups is 1. The SMILES string of the molecule is CCOc1cccc(CNC(=NC)NCCCCN2CCCC(C)C2)c1OC(F)F. The van der Waals surface area contributed by atoms with E-state index in [9.17, 15) is 8.78 Å². The first-order valence-corrected chi connectivity index (χ1v) is 10.9. The van der Waals surface area contributed by atoms with E-state index >= 15 is 0 Å². The third kappa shape index (κ3) is 8.34. The van der Waals surface area contributed by atoms with Gasteiger partial charge in [-0.25, -0.2) is 0 Å². The van der Waals surface area contributed by atoms with Crippen molar-refractivity contribution in [2.45, 2.75) is 52.7 Å². The fourth-order valence-corrected chi connectivity index (χ4v) is 3.75. The topological polar surface area (TPSA) is 58.1 Å². The molecular weight excluding hydrogens is 390 g/mol. The average molecular weight is 427 g/mol. The molecule has 170 valence electrons. The standard InChI is InChI=1S/C22H36F2N4O2/c1-4-29-19-11-7-10-18(20(19)30-21(23)24)15-27-22(25-3)26-12-5-6-13-28-14-8-9-17(2)16-28/h7,10-11,17,21H,4-6,8-9,12-16H2,1-3H3,(H2,25,26,27). The van der Waals surface area contributed by atoms with E-state index < -0.39 is 6.61 Å². The van der Waals surface area contributed by atoms with Crippen LogP contribution in [-0.4, -0.2) is 57.3 Å². The van der Waals surface area contributed by atoms with Gasteiger partial charge in [-0.2, -0.15) is 8.78 Å². The highest BCUT2D eigenvalue weighted by atomic mass is 19.3. The molecule has 1 heterocycles. The van der Waals surface area contributed by atoms with Crippen LogP contribution in [0.15, 0.2) is 23.2 Å². The molecule has 30 heavy (non-hydrogen) atoms. The highest BCUT2D eigenvalue weighted by Gasteiger charge is 2.17. The second-order valence-corrected chi connectivity index (χ2v) is 7.66. The number of ether oxygens (including phenoxy) is 2. The summed E-state index contributed by atoms with van der Waals surface area (Å²) in [7, 11) is 1.69. The fraction of sp³-hybridized carbons (Fsp3) is 0.682. The molecule has 1 aromatic carbocycles. The predicted molar refractivity (Wildman–Crippen MR) is 117 cm³/mol. The fourth-order valence-electron chi connectivity index (χ4n) is 3.75. The quantitative estimate of drug-likeness (QED) is 0.320. The van der Waals surface area contributed by atoms with Gasteiger partial charge in [0, 0.05) is 32.2 Å². The Labute approximate surface area is 179 Å². The molecule has 0 bridgehead atoms. The minimum atomic E-state index is -2.91. The number of aliphatic imine (C=N–C) groups is 1. The van der Waals surface area contributed by atoms with E-state index in [-0.39, 0.29) is 5.75 Å². The number of halogens is 2. The Hall–Kier alpha value is -2.09. The maximum atomic E-state index is 12.8. The average Bonchev–Trinajstić information content (AvgIpc) is 2.72. The summed E-state index contributed by atoms with van der Waals surface area (Å²) in [5, 5.41) is 6.45. The predicted octanol–water partition coefficient (Wildman–Crippen LogP) is 3.86. The number of piperidine rings is 1. The Kier molecular flexibility index (Phi) is 10.7. The van der Waals surface area contributed by atoms with Crippen LogP contribution in [-0.2, 0) is 6.54 Å². The van der Waals surface area contributed by atoms with Crippen molar-refractivity contribution >= 4 is 5.96 Å². The third-order valence-electron chi connectivity index (χ3n) is 5.17. The second-order valence-electron chi connectivity index (χ2n) is 7.66. The number of rotatable bonds is 11. The maximum Gasteiger partial charge on any atom is 0.387 e. The number of hydrogen-bond acceptors (Lipinski definition) is 4. The lowest BCUT2D eigenvalue weighted by Gasteiger charge is -2.30.